The summed E-state index contributed by atoms with van der Waals surface area (Å²) in [7, 11) is 0. The fourth-order valence-corrected chi connectivity index (χ4v) is 2.27. The number of halogens is 4. The maximum Gasteiger partial charge on any atom is 0.198 e. The van der Waals surface area contributed by atoms with Crippen LogP contribution in [0.5, 0.6) is 11.5 Å². The van der Waals surface area contributed by atoms with E-state index in [1.165, 1.54) is 12.1 Å². The van der Waals surface area contributed by atoms with E-state index in [4.69, 9.17) is 4.74 Å². The minimum absolute atomic E-state index is 0.373. The van der Waals surface area contributed by atoms with Crippen molar-refractivity contribution in [1.29, 1.82) is 0 Å². The average molecular weight is 425 g/mol. The van der Waals surface area contributed by atoms with E-state index in [1.807, 2.05) is 6.07 Å². The highest BCUT2D eigenvalue weighted by Crippen LogP contribution is 2.29. The van der Waals surface area contributed by atoms with Gasteiger partial charge in [-0.1, -0.05) is 22.0 Å². The van der Waals surface area contributed by atoms with Crippen LogP contribution in [-0.2, 0) is 5.33 Å². The Balaban J connectivity index is 2.35. The van der Waals surface area contributed by atoms with Crippen LogP contribution in [-0.4, -0.2) is 0 Å². The molecular weight excluding hydrogens is 417 g/mol. The van der Waals surface area contributed by atoms with Crippen LogP contribution >= 0.6 is 38.5 Å². The highest BCUT2D eigenvalue weighted by molar-refractivity contribution is 14.1. The number of hydrogen-bond donors (Lipinski definition) is 0. The molecule has 0 saturated carbocycles. The summed E-state index contributed by atoms with van der Waals surface area (Å²) in [6.45, 7) is 0. The molecule has 0 saturated heterocycles. The molecule has 18 heavy (non-hydrogen) atoms. The van der Waals surface area contributed by atoms with E-state index in [9.17, 15) is 8.78 Å². The third-order valence-electron chi connectivity index (χ3n) is 2.23. The highest BCUT2D eigenvalue weighted by Gasteiger charge is 2.13. The first-order chi connectivity index (χ1) is 8.60. The van der Waals surface area contributed by atoms with Crippen molar-refractivity contribution in [3.63, 3.8) is 0 Å². The molecule has 0 aliphatic carbocycles. The van der Waals surface area contributed by atoms with E-state index in [1.54, 1.807) is 18.2 Å². The summed E-state index contributed by atoms with van der Waals surface area (Å²) in [5, 5.41) is 0.393. The van der Waals surface area contributed by atoms with Gasteiger partial charge >= 0.3 is 0 Å². The predicted octanol–water partition coefficient (Wildman–Crippen LogP) is 5.26. The third-order valence-corrected chi connectivity index (χ3v) is 3.55. The SMILES string of the molecule is Fc1cc(CBr)cc(F)c1Oc1cccc(I)c1. The summed E-state index contributed by atoms with van der Waals surface area (Å²) in [5.41, 5.74) is 0.528. The van der Waals surface area contributed by atoms with Gasteiger partial charge in [0, 0.05) is 8.90 Å². The quantitative estimate of drug-likeness (QED) is 0.482. The second-order valence-corrected chi connectivity index (χ2v) is 5.39. The van der Waals surface area contributed by atoms with Crippen molar-refractivity contribution < 1.29 is 13.5 Å². The van der Waals surface area contributed by atoms with Gasteiger partial charge in [0.05, 0.1) is 0 Å². The first-order valence-corrected chi connectivity index (χ1v) is 7.27. The molecule has 0 aliphatic heterocycles. The molecule has 2 aromatic carbocycles. The average Bonchev–Trinajstić information content (AvgIpc) is 2.33. The Bertz CT molecular complexity index is 552. The summed E-state index contributed by atoms with van der Waals surface area (Å²) >= 11 is 5.25. The Labute approximate surface area is 125 Å². The van der Waals surface area contributed by atoms with Crippen molar-refractivity contribution in [2.45, 2.75) is 5.33 Å². The monoisotopic (exact) mass is 424 g/mol. The minimum Gasteiger partial charge on any atom is -0.451 e. The van der Waals surface area contributed by atoms with Gasteiger partial charge in [-0.25, -0.2) is 8.78 Å². The summed E-state index contributed by atoms with van der Waals surface area (Å²) < 4.78 is 33.6. The van der Waals surface area contributed by atoms with Gasteiger partial charge in [-0.05, 0) is 58.5 Å². The zero-order valence-corrected chi connectivity index (χ0v) is 12.8. The Morgan fingerprint density at radius 2 is 1.78 bits per heavy atom. The molecular formula is C13H8BrF2IO. The fourth-order valence-electron chi connectivity index (χ4n) is 1.44. The topological polar surface area (TPSA) is 9.23 Å². The van der Waals surface area contributed by atoms with E-state index in [0.29, 0.717) is 16.6 Å². The lowest BCUT2D eigenvalue weighted by Crippen LogP contribution is -1.95. The Kier molecular flexibility index (Phi) is 4.55. The normalized spacial score (nSPS) is 10.4. The molecule has 0 aliphatic rings. The van der Waals surface area contributed by atoms with E-state index < -0.39 is 11.6 Å². The lowest BCUT2D eigenvalue weighted by atomic mass is 10.2. The van der Waals surface area contributed by atoms with Gasteiger partial charge in [-0.3, -0.25) is 0 Å². The van der Waals surface area contributed by atoms with Gasteiger partial charge in [0.15, 0.2) is 17.4 Å². The number of rotatable bonds is 3. The Hall–Kier alpha value is -0.690. The van der Waals surface area contributed by atoms with Gasteiger partial charge < -0.3 is 4.74 Å². The van der Waals surface area contributed by atoms with E-state index in [2.05, 4.69) is 38.5 Å². The van der Waals surface area contributed by atoms with Crippen molar-refractivity contribution >= 4 is 38.5 Å². The van der Waals surface area contributed by atoms with Crippen LogP contribution in [0.25, 0.3) is 0 Å². The zero-order valence-electron chi connectivity index (χ0n) is 9.09. The molecule has 0 amide bonds. The molecule has 0 bridgehead atoms. The van der Waals surface area contributed by atoms with Crippen LogP contribution in [0.4, 0.5) is 8.78 Å². The van der Waals surface area contributed by atoms with Gasteiger partial charge in [-0.15, -0.1) is 0 Å². The number of benzene rings is 2. The van der Waals surface area contributed by atoms with Gasteiger partial charge in [0.2, 0.25) is 0 Å². The highest BCUT2D eigenvalue weighted by atomic mass is 127. The van der Waals surface area contributed by atoms with Crippen molar-refractivity contribution in [2.75, 3.05) is 0 Å². The fraction of sp³-hybridized carbons (Fsp3) is 0.0769. The summed E-state index contributed by atoms with van der Waals surface area (Å²) in [4.78, 5) is 0. The zero-order chi connectivity index (χ0) is 13.1. The predicted molar refractivity (Wildman–Crippen MR) is 78.2 cm³/mol. The second-order valence-electron chi connectivity index (χ2n) is 3.58. The number of hydrogen-bond acceptors (Lipinski definition) is 1. The summed E-state index contributed by atoms with van der Waals surface area (Å²) in [5.74, 6) is -1.38. The third kappa shape index (κ3) is 3.20. The second kappa shape index (κ2) is 5.97. The largest absolute Gasteiger partial charge is 0.451 e. The molecule has 0 fully saturated rings. The van der Waals surface area contributed by atoms with E-state index in [-0.39, 0.29) is 5.75 Å². The number of ether oxygens (including phenoxy) is 1. The molecule has 0 radical (unpaired) electrons. The van der Waals surface area contributed by atoms with Crippen molar-refractivity contribution in [2.24, 2.45) is 0 Å². The number of alkyl halides is 1. The molecule has 0 atom stereocenters. The van der Waals surface area contributed by atoms with Crippen molar-refractivity contribution in [3.05, 3.63) is 57.2 Å². The Morgan fingerprint density at radius 1 is 1.11 bits per heavy atom. The van der Waals surface area contributed by atoms with Crippen LogP contribution in [0, 0.1) is 15.2 Å². The summed E-state index contributed by atoms with van der Waals surface area (Å²) in [6, 6.07) is 9.49. The smallest absolute Gasteiger partial charge is 0.198 e. The van der Waals surface area contributed by atoms with Crippen LogP contribution in [0.1, 0.15) is 5.56 Å². The minimum atomic E-state index is -0.705. The molecule has 5 heteroatoms. The van der Waals surface area contributed by atoms with Crippen molar-refractivity contribution in [3.8, 4) is 11.5 Å². The van der Waals surface area contributed by atoms with Gasteiger partial charge in [-0.2, -0.15) is 0 Å². The molecule has 0 heterocycles. The van der Waals surface area contributed by atoms with Crippen LogP contribution in [0.3, 0.4) is 0 Å². The lowest BCUT2D eigenvalue weighted by Gasteiger charge is -2.09. The molecule has 2 aromatic rings. The molecule has 0 unspecified atom stereocenters. The van der Waals surface area contributed by atoms with Crippen LogP contribution in [0.15, 0.2) is 36.4 Å². The van der Waals surface area contributed by atoms with Crippen LogP contribution < -0.4 is 4.74 Å². The maximum atomic E-state index is 13.7. The van der Waals surface area contributed by atoms with E-state index >= 15 is 0 Å². The lowest BCUT2D eigenvalue weighted by molar-refractivity contribution is 0.406. The van der Waals surface area contributed by atoms with Crippen molar-refractivity contribution in [1.82, 2.24) is 0 Å². The molecule has 0 spiro atoms. The van der Waals surface area contributed by atoms with Gasteiger partial charge in [0.25, 0.3) is 0 Å². The van der Waals surface area contributed by atoms with E-state index in [0.717, 1.165) is 3.57 Å². The molecule has 1 nitrogen and oxygen atoms in total. The molecule has 0 N–H and O–H groups in total. The molecule has 2 rings (SSSR count). The standard InChI is InChI=1S/C13H8BrF2IO/c14-7-8-4-11(15)13(12(16)5-8)18-10-3-1-2-9(17)6-10/h1-6H,7H2. The Morgan fingerprint density at radius 3 is 2.33 bits per heavy atom. The maximum absolute atomic E-state index is 13.7. The van der Waals surface area contributed by atoms with Gasteiger partial charge in [0.1, 0.15) is 5.75 Å². The van der Waals surface area contributed by atoms with Crippen LogP contribution in [0.2, 0.25) is 0 Å². The molecule has 0 aromatic heterocycles. The summed E-state index contributed by atoms with van der Waals surface area (Å²) in [6.07, 6.45) is 0. The first kappa shape index (κ1) is 13.7. The molecule has 94 valence electrons. The first-order valence-electron chi connectivity index (χ1n) is 5.07.